The minimum Gasteiger partial charge on any atom is -0.493 e. The summed E-state index contributed by atoms with van der Waals surface area (Å²) < 4.78 is 24.2. The monoisotopic (exact) mass is 394 g/mol. The third-order valence-corrected chi connectivity index (χ3v) is 4.18. The highest BCUT2D eigenvalue weighted by molar-refractivity contribution is 6.33. The third-order valence-electron chi connectivity index (χ3n) is 3.87. The number of carbonyl (C=O) groups is 2. The molecule has 0 unspecified atom stereocenters. The molecular formula is C19H20ClFN2O4. The topological polar surface area (TPSA) is 67.9 Å². The number of hydrogen-bond acceptors (Lipinski definition) is 4. The lowest BCUT2D eigenvalue weighted by Gasteiger charge is -2.22. The first-order chi connectivity index (χ1) is 12.9. The molecule has 0 atom stereocenters. The van der Waals surface area contributed by atoms with Gasteiger partial charge in [-0.15, -0.1) is 0 Å². The summed E-state index contributed by atoms with van der Waals surface area (Å²) in [5.74, 6) is -0.562. The molecule has 2 aromatic carbocycles. The van der Waals surface area contributed by atoms with Crippen molar-refractivity contribution in [3.63, 3.8) is 0 Å². The Balaban J connectivity index is 2.09. The van der Waals surface area contributed by atoms with Crippen LogP contribution in [0.2, 0.25) is 5.02 Å². The van der Waals surface area contributed by atoms with Gasteiger partial charge in [0.25, 0.3) is 5.91 Å². The second-order valence-corrected chi connectivity index (χ2v) is 5.97. The van der Waals surface area contributed by atoms with E-state index in [1.807, 2.05) is 0 Å². The van der Waals surface area contributed by atoms with Gasteiger partial charge in [-0.25, -0.2) is 4.39 Å². The van der Waals surface area contributed by atoms with Crippen molar-refractivity contribution in [3.8, 4) is 11.5 Å². The Kier molecular flexibility index (Phi) is 7.01. The normalized spacial score (nSPS) is 10.3. The number of anilines is 1. The fraction of sp³-hybridized carbons (Fsp3) is 0.263. The molecule has 144 valence electrons. The second-order valence-electron chi connectivity index (χ2n) is 5.56. The van der Waals surface area contributed by atoms with Gasteiger partial charge < -0.3 is 19.7 Å². The number of halogens is 2. The minimum absolute atomic E-state index is 0.0239. The first-order valence-electron chi connectivity index (χ1n) is 8.11. The number of rotatable bonds is 7. The van der Waals surface area contributed by atoms with Crippen molar-refractivity contribution in [3.05, 3.63) is 52.8 Å². The third kappa shape index (κ3) is 4.89. The highest BCUT2D eigenvalue weighted by Crippen LogP contribution is 2.31. The van der Waals surface area contributed by atoms with Crippen LogP contribution in [0.4, 0.5) is 10.1 Å². The lowest BCUT2D eigenvalue weighted by atomic mass is 10.2. The first-order valence-corrected chi connectivity index (χ1v) is 8.49. The maximum atomic E-state index is 13.8. The van der Waals surface area contributed by atoms with Gasteiger partial charge in [0, 0.05) is 31.8 Å². The number of methoxy groups -OCH3 is 2. The molecule has 2 aromatic rings. The van der Waals surface area contributed by atoms with Gasteiger partial charge in [-0.1, -0.05) is 17.7 Å². The van der Waals surface area contributed by atoms with Gasteiger partial charge in [0.15, 0.2) is 11.5 Å². The zero-order valence-corrected chi connectivity index (χ0v) is 16.0. The fourth-order valence-corrected chi connectivity index (χ4v) is 2.79. The SMILES string of the molecule is COc1ccc(N(CCNC(=O)c2c(F)cccc2Cl)C(C)=O)cc1OC. The van der Waals surface area contributed by atoms with Crippen molar-refractivity contribution in [2.75, 3.05) is 32.2 Å². The summed E-state index contributed by atoms with van der Waals surface area (Å²) in [6, 6.07) is 9.07. The Labute approximate surface area is 161 Å². The largest absolute Gasteiger partial charge is 0.493 e. The Morgan fingerprint density at radius 3 is 2.44 bits per heavy atom. The van der Waals surface area contributed by atoms with Gasteiger partial charge in [-0.2, -0.15) is 0 Å². The van der Waals surface area contributed by atoms with Crippen LogP contribution >= 0.6 is 11.6 Å². The Hall–Kier alpha value is -2.80. The average molecular weight is 395 g/mol. The van der Waals surface area contributed by atoms with Crippen LogP contribution < -0.4 is 19.7 Å². The summed E-state index contributed by atoms with van der Waals surface area (Å²) in [6.07, 6.45) is 0. The second kappa shape index (κ2) is 9.23. The van der Waals surface area contributed by atoms with E-state index < -0.39 is 11.7 Å². The molecule has 0 saturated carbocycles. The molecule has 27 heavy (non-hydrogen) atoms. The summed E-state index contributed by atoms with van der Waals surface area (Å²) >= 11 is 5.88. The van der Waals surface area contributed by atoms with E-state index in [4.69, 9.17) is 21.1 Å². The van der Waals surface area contributed by atoms with E-state index in [1.54, 1.807) is 18.2 Å². The van der Waals surface area contributed by atoms with Gasteiger partial charge >= 0.3 is 0 Å². The summed E-state index contributed by atoms with van der Waals surface area (Å²) in [7, 11) is 3.02. The Morgan fingerprint density at radius 2 is 1.85 bits per heavy atom. The molecule has 0 aromatic heterocycles. The molecule has 2 amide bonds. The van der Waals surface area contributed by atoms with Crippen molar-refractivity contribution < 1.29 is 23.5 Å². The number of nitrogens with one attached hydrogen (secondary N) is 1. The highest BCUT2D eigenvalue weighted by Gasteiger charge is 2.17. The smallest absolute Gasteiger partial charge is 0.255 e. The van der Waals surface area contributed by atoms with Gasteiger partial charge in [0.1, 0.15) is 5.82 Å². The number of hydrogen-bond donors (Lipinski definition) is 1. The van der Waals surface area contributed by atoms with Crippen LogP contribution in [-0.2, 0) is 4.79 Å². The summed E-state index contributed by atoms with van der Waals surface area (Å²) in [5, 5.41) is 2.60. The standard InChI is InChI=1S/C19H20ClFN2O4/c1-12(24)23(13-7-8-16(26-2)17(11-13)27-3)10-9-22-19(25)18-14(20)5-4-6-15(18)21/h4-8,11H,9-10H2,1-3H3,(H,22,25). The molecule has 1 N–H and O–H groups in total. The zero-order valence-electron chi connectivity index (χ0n) is 15.2. The lowest BCUT2D eigenvalue weighted by molar-refractivity contribution is -0.116. The van der Waals surface area contributed by atoms with E-state index in [1.165, 1.54) is 38.2 Å². The van der Waals surface area contributed by atoms with E-state index in [0.29, 0.717) is 17.2 Å². The Bertz CT molecular complexity index is 824. The van der Waals surface area contributed by atoms with Crippen LogP contribution in [0, 0.1) is 5.82 Å². The molecular weight excluding hydrogens is 375 g/mol. The summed E-state index contributed by atoms with van der Waals surface area (Å²) in [4.78, 5) is 25.7. The van der Waals surface area contributed by atoms with Crippen LogP contribution in [0.25, 0.3) is 0 Å². The first kappa shape index (κ1) is 20.5. The molecule has 0 bridgehead atoms. The van der Waals surface area contributed by atoms with Crippen molar-refractivity contribution in [1.82, 2.24) is 5.32 Å². The van der Waals surface area contributed by atoms with E-state index in [0.717, 1.165) is 6.07 Å². The molecule has 0 fully saturated rings. The molecule has 0 aliphatic carbocycles. The van der Waals surface area contributed by atoms with Crippen molar-refractivity contribution in [2.24, 2.45) is 0 Å². The summed E-state index contributed by atoms with van der Waals surface area (Å²) in [5.41, 5.74) is 0.359. The number of amides is 2. The van der Waals surface area contributed by atoms with E-state index in [2.05, 4.69) is 5.32 Å². The van der Waals surface area contributed by atoms with Crippen molar-refractivity contribution >= 4 is 29.1 Å². The predicted molar refractivity (Wildman–Crippen MR) is 101 cm³/mol. The van der Waals surface area contributed by atoms with Crippen LogP contribution in [0.5, 0.6) is 11.5 Å². The maximum absolute atomic E-state index is 13.8. The van der Waals surface area contributed by atoms with Gasteiger partial charge in [0.2, 0.25) is 5.91 Å². The fourth-order valence-electron chi connectivity index (χ4n) is 2.55. The van der Waals surface area contributed by atoms with Gasteiger partial charge in [0.05, 0.1) is 24.8 Å². The van der Waals surface area contributed by atoms with Crippen LogP contribution in [-0.4, -0.2) is 39.1 Å². The maximum Gasteiger partial charge on any atom is 0.255 e. The van der Waals surface area contributed by atoms with Crippen LogP contribution in [0.15, 0.2) is 36.4 Å². The molecule has 0 radical (unpaired) electrons. The van der Waals surface area contributed by atoms with E-state index in [9.17, 15) is 14.0 Å². The van der Waals surface area contributed by atoms with Crippen molar-refractivity contribution in [2.45, 2.75) is 6.92 Å². The minimum atomic E-state index is -0.705. The summed E-state index contributed by atoms with van der Waals surface area (Å²) in [6.45, 7) is 1.70. The quantitative estimate of drug-likeness (QED) is 0.782. The van der Waals surface area contributed by atoms with Crippen LogP contribution in [0.3, 0.4) is 0 Å². The van der Waals surface area contributed by atoms with E-state index in [-0.39, 0.29) is 29.6 Å². The number of benzene rings is 2. The van der Waals surface area contributed by atoms with E-state index >= 15 is 0 Å². The predicted octanol–water partition coefficient (Wildman–Crippen LogP) is 3.28. The molecule has 2 rings (SSSR count). The number of carbonyl (C=O) groups excluding carboxylic acids is 2. The molecule has 0 saturated heterocycles. The van der Waals surface area contributed by atoms with Crippen molar-refractivity contribution in [1.29, 1.82) is 0 Å². The lowest BCUT2D eigenvalue weighted by Crippen LogP contribution is -2.37. The van der Waals surface area contributed by atoms with Gasteiger partial charge in [-0.3, -0.25) is 9.59 Å². The Morgan fingerprint density at radius 1 is 1.15 bits per heavy atom. The molecule has 0 heterocycles. The molecule has 0 aliphatic rings. The molecule has 8 heteroatoms. The molecule has 0 spiro atoms. The van der Waals surface area contributed by atoms with Gasteiger partial charge in [-0.05, 0) is 24.3 Å². The number of ether oxygens (including phenoxy) is 2. The zero-order chi connectivity index (χ0) is 20.0. The average Bonchev–Trinajstić information content (AvgIpc) is 2.64. The van der Waals surface area contributed by atoms with Crippen LogP contribution in [0.1, 0.15) is 17.3 Å². The molecule has 0 aliphatic heterocycles. The highest BCUT2D eigenvalue weighted by atomic mass is 35.5. The molecule has 6 nitrogen and oxygen atoms in total. The number of nitrogens with zero attached hydrogens (tertiary/aromatic N) is 1.